The van der Waals surface area contributed by atoms with Gasteiger partial charge in [0.15, 0.2) is 0 Å². The van der Waals surface area contributed by atoms with E-state index in [4.69, 9.17) is 9.72 Å². The highest BCUT2D eigenvalue weighted by atomic mass is 32.2. The average molecular weight is 553 g/mol. The molecular weight excluding hydrogens is 521 g/mol. The van der Waals surface area contributed by atoms with Crippen LogP contribution in [0.2, 0.25) is 0 Å². The first-order valence-corrected chi connectivity index (χ1v) is 13.4. The van der Waals surface area contributed by atoms with Crippen molar-refractivity contribution in [2.24, 2.45) is 5.92 Å². The van der Waals surface area contributed by atoms with Crippen molar-refractivity contribution >= 4 is 27.1 Å². The van der Waals surface area contributed by atoms with Crippen molar-refractivity contribution in [3.63, 3.8) is 0 Å². The van der Waals surface area contributed by atoms with E-state index < -0.39 is 33.1 Å². The molecule has 0 radical (unpaired) electrons. The maximum Gasteiger partial charge on any atom is 0.534 e. The summed E-state index contributed by atoms with van der Waals surface area (Å²) in [6.45, 7) is 11.2. The van der Waals surface area contributed by atoms with Gasteiger partial charge in [-0.3, -0.25) is 4.98 Å². The van der Waals surface area contributed by atoms with Crippen molar-refractivity contribution in [3.05, 3.63) is 59.3 Å². The molecule has 3 aromatic rings. The van der Waals surface area contributed by atoms with Crippen LogP contribution in [-0.2, 0) is 27.8 Å². The first-order chi connectivity index (χ1) is 17.5. The normalized spacial score (nSPS) is 12.6. The third-order valence-corrected chi connectivity index (χ3v) is 6.36. The fourth-order valence-electron chi connectivity index (χ4n) is 3.83. The first-order valence-electron chi connectivity index (χ1n) is 12.0. The lowest BCUT2D eigenvalue weighted by Gasteiger charge is -2.22. The zero-order chi connectivity index (χ0) is 28.5. The number of alkyl carbamates (subject to hydrolysis) is 1. The number of halogens is 3. The van der Waals surface area contributed by atoms with Crippen LogP contribution in [0.5, 0.6) is 5.75 Å². The topological polar surface area (TPSA) is 94.6 Å². The first kappa shape index (κ1) is 29.2. The van der Waals surface area contributed by atoms with Gasteiger partial charge < -0.3 is 14.2 Å². The summed E-state index contributed by atoms with van der Waals surface area (Å²) in [5.74, 6) is -0.307. The Morgan fingerprint density at radius 2 is 1.68 bits per heavy atom. The highest BCUT2D eigenvalue weighted by molar-refractivity contribution is 7.88. The predicted molar refractivity (Wildman–Crippen MR) is 139 cm³/mol. The highest BCUT2D eigenvalue weighted by Crippen LogP contribution is 2.37. The minimum atomic E-state index is -5.87. The van der Waals surface area contributed by atoms with Crippen LogP contribution in [0.1, 0.15) is 51.4 Å². The van der Waals surface area contributed by atoms with Crippen molar-refractivity contribution in [1.29, 1.82) is 0 Å². The summed E-state index contributed by atoms with van der Waals surface area (Å²) in [5, 5.41) is 3.12. The molecule has 3 rings (SSSR count). The molecule has 0 fully saturated rings. The lowest BCUT2D eigenvalue weighted by atomic mass is 9.91. The van der Waals surface area contributed by atoms with Gasteiger partial charge in [-0.15, -0.1) is 0 Å². The average Bonchev–Trinajstić information content (AvgIpc) is 2.75. The lowest BCUT2D eigenvalue weighted by Crippen LogP contribution is -2.32. The predicted octanol–water partition coefficient (Wildman–Crippen LogP) is 6.66. The number of rotatable bonds is 7. The molecule has 1 heterocycles. The molecule has 0 atom stereocenters. The van der Waals surface area contributed by atoms with Crippen LogP contribution in [0.4, 0.5) is 18.0 Å². The fraction of sp³-hybridized carbons (Fsp3) is 0.407. The second-order valence-corrected chi connectivity index (χ2v) is 11.9. The number of aromatic nitrogens is 1. The van der Waals surface area contributed by atoms with Crippen molar-refractivity contribution in [3.8, 4) is 16.9 Å². The number of aryl methyl sites for hydroxylation is 1. The molecule has 0 bridgehead atoms. The van der Waals surface area contributed by atoms with Crippen LogP contribution in [0.3, 0.4) is 0 Å². The largest absolute Gasteiger partial charge is 0.534 e. The van der Waals surface area contributed by atoms with E-state index in [9.17, 15) is 26.4 Å². The Kier molecular flexibility index (Phi) is 8.30. The van der Waals surface area contributed by atoms with E-state index in [0.717, 1.165) is 11.6 Å². The van der Waals surface area contributed by atoms with Crippen molar-refractivity contribution in [2.45, 2.75) is 65.6 Å². The van der Waals surface area contributed by atoms with E-state index in [0.29, 0.717) is 39.7 Å². The number of carbonyl (C=O) groups is 1. The summed E-state index contributed by atoms with van der Waals surface area (Å²) in [4.78, 5) is 17.2. The van der Waals surface area contributed by atoms with Crippen LogP contribution in [0.25, 0.3) is 22.0 Å². The Balaban J connectivity index is 2.25. The molecule has 38 heavy (non-hydrogen) atoms. The Labute approximate surface area is 220 Å². The molecular formula is C27H31F3N2O5S. The maximum absolute atomic E-state index is 13.0. The lowest BCUT2D eigenvalue weighted by molar-refractivity contribution is -0.0500. The number of benzene rings is 2. The standard InChI is InChI=1S/C27H31F3N2O5S/c1-16(2)13-23-21(15-31-25(33)36-26(4,5)6)24(18-9-7-17(3)8-10-18)20-14-19(11-12-22(20)32-23)37-38(34,35)27(28,29)30/h7-12,14,16H,13,15H2,1-6H3,(H,31,33). The van der Waals surface area contributed by atoms with Crippen LogP contribution in [0, 0.1) is 12.8 Å². The Hall–Kier alpha value is -3.34. The van der Waals surface area contributed by atoms with Crippen LogP contribution in [-0.4, -0.2) is 30.6 Å². The van der Waals surface area contributed by atoms with Crippen LogP contribution < -0.4 is 9.50 Å². The van der Waals surface area contributed by atoms with Crippen molar-refractivity contribution in [2.75, 3.05) is 0 Å². The van der Waals surface area contributed by atoms with E-state index >= 15 is 0 Å². The molecule has 11 heteroatoms. The molecule has 2 aromatic carbocycles. The molecule has 7 nitrogen and oxygen atoms in total. The van der Waals surface area contributed by atoms with Gasteiger partial charge in [0.05, 0.1) is 5.52 Å². The summed E-state index contributed by atoms with van der Waals surface area (Å²) in [6, 6.07) is 11.2. The number of ether oxygens (including phenoxy) is 1. The zero-order valence-electron chi connectivity index (χ0n) is 22.1. The fourth-order valence-corrected chi connectivity index (χ4v) is 4.28. The molecule has 0 unspecified atom stereocenters. The minimum Gasteiger partial charge on any atom is -0.444 e. The van der Waals surface area contributed by atoms with Crippen molar-refractivity contribution in [1.82, 2.24) is 10.3 Å². The van der Waals surface area contributed by atoms with Gasteiger partial charge in [-0.25, -0.2) is 4.79 Å². The third kappa shape index (κ3) is 7.15. The van der Waals surface area contributed by atoms with Gasteiger partial charge in [-0.1, -0.05) is 43.7 Å². The third-order valence-electron chi connectivity index (χ3n) is 5.38. The summed E-state index contributed by atoms with van der Waals surface area (Å²) >= 11 is 0. The molecule has 206 valence electrons. The van der Waals surface area contributed by atoms with E-state index in [1.54, 1.807) is 20.8 Å². The number of alkyl halides is 3. The van der Waals surface area contributed by atoms with Crippen molar-refractivity contribution < 1.29 is 35.3 Å². The Morgan fingerprint density at radius 3 is 2.24 bits per heavy atom. The van der Waals surface area contributed by atoms with Gasteiger partial charge in [0.2, 0.25) is 0 Å². The number of pyridine rings is 1. The molecule has 0 aliphatic heterocycles. The second-order valence-electron chi connectivity index (χ2n) is 10.4. The molecule has 1 aromatic heterocycles. The summed E-state index contributed by atoms with van der Waals surface area (Å²) < 4.78 is 72.0. The SMILES string of the molecule is Cc1ccc(-c2c(CNC(=O)OC(C)(C)C)c(CC(C)C)nc3ccc(OS(=O)(=O)C(F)(F)F)cc23)cc1. The molecule has 0 aliphatic carbocycles. The number of nitrogens with zero attached hydrogens (tertiary/aromatic N) is 1. The monoisotopic (exact) mass is 552 g/mol. The number of fused-ring (bicyclic) bond motifs is 1. The number of hydrogen-bond donors (Lipinski definition) is 1. The van der Waals surface area contributed by atoms with E-state index in [1.807, 2.05) is 45.0 Å². The van der Waals surface area contributed by atoms with Crippen LogP contribution in [0.15, 0.2) is 42.5 Å². The maximum atomic E-state index is 13.0. The minimum absolute atomic E-state index is 0.0229. The smallest absolute Gasteiger partial charge is 0.444 e. The van der Waals surface area contributed by atoms with Gasteiger partial charge in [0.1, 0.15) is 11.4 Å². The molecule has 0 aliphatic rings. The number of amides is 1. The van der Waals surface area contributed by atoms with E-state index in [-0.39, 0.29) is 12.5 Å². The van der Waals surface area contributed by atoms with Crippen LogP contribution >= 0.6 is 0 Å². The van der Waals surface area contributed by atoms with Gasteiger partial charge in [0, 0.05) is 23.2 Å². The molecule has 1 N–H and O–H groups in total. The Bertz CT molecular complexity index is 1430. The quantitative estimate of drug-likeness (QED) is 0.260. The molecule has 0 spiro atoms. The summed E-state index contributed by atoms with van der Waals surface area (Å²) in [7, 11) is -5.87. The zero-order valence-corrected chi connectivity index (χ0v) is 22.9. The second kappa shape index (κ2) is 10.8. The van der Waals surface area contributed by atoms with Gasteiger partial charge in [-0.2, -0.15) is 21.6 Å². The number of carbonyl (C=O) groups excluding carboxylic acids is 1. The highest BCUT2D eigenvalue weighted by Gasteiger charge is 2.48. The van der Waals surface area contributed by atoms with Gasteiger partial charge >= 0.3 is 21.7 Å². The number of nitrogens with one attached hydrogen (secondary N) is 1. The van der Waals surface area contributed by atoms with Gasteiger partial charge in [0.25, 0.3) is 0 Å². The summed E-state index contributed by atoms with van der Waals surface area (Å²) in [5.41, 5.74) is -2.24. The number of hydrogen-bond acceptors (Lipinski definition) is 6. The molecule has 1 amide bonds. The Morgan fingerprint density at radius 1 is 1.05 bits per heavy atom. The molecule has 0 saturated heterocycles. The molecule has 0 saturated carbocycles. The van der Waals surface area contributed by atoms with E-state index in [1.165, 1.54) is 12.1 Å². The van der Waals surface area contributed by atoms with E-state index in [2.05, 4.69) is 9.50 Å². The van der Waals surface area contributed by atoms with Gasteiger partial charge in [-0.05, 0) is 69.4 Å². The summed E-state index contributed by atoms with van der Waals surface area (Å²) in [6.07, 6.45) is -0.0859.